The van der Waals surface area contributed by atoms with E-state index in [-0.39, 0.29) is 5.41 Å². The highest BCUT2D eigenvalue weighted by atomic mass is 32.1. The lowest BCUT2D eigenvalue weighted by atomic mass is 9.96. The average Bonchev–Trinajstić information content (AvgIpc) is 2.14. The molecule has 0 spiro atoms. The SMILES string of the molecule is CC(C)(C)CNc1ccccc1C(N)=S. The van der Waals surface area contributed by atoms with E-state index < -0.39 is 0 Å². The fourth-order valence-corrected chi connectivity index (χ4v) is 1.39. The van der Waals surface area contributed by atoms with Crippen LogP contribution < -0.4 is 11.1 Å². The van der Waals surface area contributed by atoms with Gasteiger partial charge >= 0.3 is 0 Å². The molecule has 0 amide bonds. The van der Waals surface area contributed by atoms with Crippen molar-refractivity contribution < 1.29 is 0 Å². The average molecular weight is 222 g/mol. The molecule has 15 heavy (non-hydrogen) atoms. The number of anilines is 1. The Labute approximate surface area is 96.9 Å². The van der Waals surface area contributed by atoms with Gasteiger partial charge in [0.25, 0.3) is 0 Å². The summed E-state index contributed by atoms with van der Waals surface area (Å²) in [6.45, 7) is 7.45. The number of para-hydroxylation sites is 1. The van der Waals surface area contributed by atoms with Crippen LogP contribution >= 0.6 is 12.2 Å². The molecule has 0 aliphatic carbocycles. The molecule has 0 atom stereocenters. The first-order valence-electron chi connectivity index (χ1n) is 5.03. The molecule has 0 heterocycles. The van der Waals surface area contributed by atoms with E-state index in [1.807, 2.05) is 24.3 Å². The van der Waals surface area contributed by atoms with E-state index in [9.17, 15) is 0 Å². The van der Waals surface area contributed by atoms with Gasteiger partial charge in [-0.25, -0.2) is 0 Å². The first-order valence-corrected chi connectivity index (χ1v) is 5.44. The summed E-state index contributed by atoms with van der Waals surface area (Å²) >= 11 is 4.99. The molecule has 0 fully saturated rings. The van der Waals surface area contributed by atoms with Crippen LogP contribution in [0, 0.1) is 5.41 Å². The minimum atomic E-state index is 0.239. The molecular weight excluding hydrogens is 204 g/mol. The summed E-state index contributed by atoms with van der Waals surface area (Å²) in [5.74, 6) is 0. The maximum atomic E-state index is 5.65. The van der Waals surface area contributed by atoms with Gasteiger partial charge in [-0.3, -0.25) is 0 Å². The molecular formula is C12H18N2S. The Morgan fingerprint density at radius 1 is 1.33 bits per heavy atom. The number of hydrogen-bond acceptors (Lipinski definition) is 2. The van der Waals surface area contributed by atoms with Crippen LogP contribution in [0.4, 0.5) is 5.69 Å². The van der Waals surface area contributed by atoms with Crippen molar-refractivity contribution in [3.05, 3.63) is 29.8 Å². The van der Waals surface area contributed by atoms with Gasteiger partial charge in [0.2, 0.25) is 0 Å². The Morgan fingerprint density at radius 3 is 2.47 bits per heavy atom. The maximum Gasteiger partial charge on any atom is 0.106 e. The van der Waals surface area contributed by atoms with E-state index in [0.29, 0.717) is 4.99 Å². The second kappa shape index (κ2) is 4.62. The van der Waals surface area contributed by atoms with Crippen LogP contribution in [-0.4, -0.2) is 11.5 Å². The summed E-state index contributed by atoms with van der Waals surface area (Å²) in [5.41, 5.74) is 7.81. The van der Waals surface area contributed by atoms with Crippen molar-refractivity contribution in [2.24, 2.45) is 11.1 Å². The molecule has 1 aromatic carbocycles. The molecule has 3 N–H and O–H groups in total. The van der Waals surface area contributed by atoms with Gasteiger partial charge in [-0.05, 0) is 17.5 Å². The second-order valence-corrected chi connectivity index (χ2v) is 5.26. The molecule has 0 radical (unpaired) electrons. The molecule has 0 bridgehead atoms. The smallest absolute Gasteiger partial charge is 0.106 e. The molecule has 2 nitrogen and oxygen atoms in total. The van der Waals surface area contributed by atoms with E-state index in [4.69, 9.17) is 18.0 Å². The van der Waals surface area contributed by atoms with E-state index >= 15 is 0 Å². The summed E-state index contributed by atoms with van der Waals surface area (Å²) in [7, 11) is 0. The largest absolute Gasteiger partial charge is 0.389 e. The van der Waals surface area contributed by atoms with Crippen LogP contribution in [0.3, 0.4) is 0 Å². The zero-order valence-electron chi connectivity index (χ0n) is 9.50. The summed E-state index contributed by atoms with van der Waals surface area (Å²) in [6.07, 6.45) is 0. The maximum absolute atomic E-state index is 5.65. The lowest BCUT2D eigenvalue weighted by Crippen LogP contribution is -2.21. The summed E-state index contributed by atoms with van der Waals surface area (Å²) in [4.78, 5) is 0.437. The number of benzene rings is 1. The van der Waals surface area contributed by atoms with Crippen LogP contribution in [0.5, 0.6) is 0 Å². The topological polar surface area (TPSA) is 38.0 Å². The third-order valence-corrected chi connectivity index (χ3v) is 2.22. The van der Waals surface area contributed by atoms with Crippen molar-refractivity contribution >= 4 is 22.9 Å². The molecule has 0 saturated heterocycles. The Kier molecular flexibility index (Phi) is 3.69. The fraction of sp³-hybridized carbons (Fsp3) is 0.417. The van der Waals surface area contributed by atoms with Gasteiger partial charge in [-0.15, -0.1) is 0 Å². The number of thiocarbonyl (C=S) groups is 1. The van der Waals surface area contributed by atoms with Crippen LogP contribution in [0.15, 0.2) is 24.3 Å². The van der Waals surface area contributed by atoms with Crippen LogP contribution in [0.2, 0.25) is 0 Å². The first-order chi connectivity index (χ1) is 6.90. The van der Waals surface area contributed by atoms with Crippen molar-refractivity contribution in [2.45, 2.75) is 20.8 Å². The molecule has 0 aliphatic rings. The molecule has 0 aliphatic heterocycles. The van der Waals surface area contributed by atoms with E-state index in [0.717, 1.165) is 17.8 Å². The summed E-state index contributed by atoms with van der Waals surface area (Å²) < 4.78 is 0. The van der Waals surface area contributed by atoms with E-state index in [1.165, 1.54) is 0 Å². The third kappa shape index (κ3) is 3.88. The van der Waals surface area contributed by atoms with Gasteiger partial charge < -0.3 is 11.1 Å². The number of nitrogens with one attached hydrogen (secondary N) is 1. The molecule has 0 aromatic heterocycles. The second-order valence-electron chi connectivity index (χ2n) is 4.82. The lowest BCUT2D eigenvalue weighted by Gasteiger charge is -2.20. The van der Waals surface area contributed by atoms with Crippen molar-refractivity contribution in [1.29, 1.82) is 0 Å². The molecule has 82 valence electrons. The minimum Gasteiger partial charge on any atom is -0.389 e. The van der Waals surface area contributed by atoms with Crippen molar-refractivity contribution in [2.75, 3.05) is 11.9 Å². The monoisotopic (exact) mass is 222 g/mol. The van der Waals surface area contributed by atoms with Crippen molar-refractivity contribution in [1.82, 2.24) is 0 Å². The summed E-state index contributed by atoms with van der Waals surface area (Å²) in [5, 5.41) is 3.37. The highest BCUT2D eigenvalue weighted by molar-refractivity contribution is 7.80. The first kappa shape index (κ1) is 12.0. The molecule has 0 unspecified atom stereocenters. The van der Waals surface area contributed by atoms with Crippen molar-refractivity contribution in [3.63, 3.8) is 0 Å². The zero-order valence-corrected chi connectivity index (χ0v) is 10.3. The van der Waals surface area contributed by atoms with Gasteiger partial charge in [-0.1, -0.05) is 45.1 Å². The Balaban J connectivity index is 2.81. The van der Waals surface area contributed by atoms with Gasteiger partial charge in [0.1, 0.15) is 4.99 Å². The Morgan fingerprint density at radius 2 is 1.93 bits per heavy atom. The standard InChI is InChI=1S/C12H18N2S/c1-12(2,3)8-14-10-7-5-4-6-9(10)11(13)15/h4-7,14H,8H2,1-3H3,(H2,13,15). The third-order valence-electron chi connectivity index (χ3n) is 2.00. The molecule has 0 saturated carbocycles. The molecule has 3 heteroatoms. The fourth-order valence-electron chi connectivity index (χ4n) is 1.21. The van der Waals surface area contributed by atoms with Crippen molar-refractivity contribution in [3.8, 4) is 0 Å². The predicted molar refractivity (Wildman–Crippen MR) is 70.3 cm³/mol. The van der Waals surface area contributed by atoms with Gasteiger partial charge in [-0.2, -0.15) is 0 Å². The van der Waals surface area contributed by atoms with E-state index in [2.05, 4.69) is 26.1 Å². The van der Waals surface area contributed by atoms with E-state index in [1.54, 1.807) is 0 Å². The van der Waals surface area contributed by atoms with Crippen LogP contribution in [0.25, 0.3) is 0 Å². The van der Waals surface area contributed by atoms with Crippen LogP contribution in [-0.2, 0) is 0 Å². The number of hydrogen-bond donors (Lipinski definition) is 2. The number of rotatable bonds is 3. The lowest BCUT2D eigenvalue weighted by molar-refractivity contribution is 0.443. The quantitative estimate of drug-likeness (QED) is 0.772. The predicted octanol–water partition coefficient (Wildman–Crippen LogP) is 2.78. The van der Waals surface area contributed by atoms with Gasteiger partial charge in [0.15, 0.2) is 0 Å². The van der Waals surface area contributed by atoms with Gasteiger partial charge in [0.05, 0.1) is 0 Å². The zero-order chi connectivity index (χ0) is 11.5. The Bertz CT molecular complexity index is 353. The minimum absolute atomic E-state index is 0.239. The molecule has 1 aromatic rings. The number of nitrogens with two attached hydrogens (primary N) is 1. The normalized spacial score (nSPS) is 11.1. The highest BCUT2D eigenvalue weighted by Crippen LogP contribution is 2.18. The highest BCUT2D eigenvalue weighted by Gasteiger charge is 2.11. The van der Waals surface area contributed by atoms with Crippen LogP contribution in [0.1, 0.15) is 26.3 Å². The summed E-state index contributed by atoms with van der Waals surface area (Å²) in [6, 6.07) is 7.86. The van der Waals surface area contributed by atoms with Gasteiger partial charge in [0, 0.05) is 17.8 Å². The Hall–Kier alpha value is -1.09. The molecule has 1 rings (SSSR count).